The molecule has 0 fully saturated rings. The molecule has 19 heavy (non-hydrogen) atoms. The van der Waals surface area contributed by atoms with E-state index in [1.54, 1.807) is 24.3 Å². The molecule has 2 rings (SSSR count). The van der Waals surface area contributed by atoms with Crippen LogP contribution in [0.15, 0.2) is 42.5 Å². The fourth-order valence-corrected chi connectivity index (χ4v) is 1.79. The second kappa shape index (κ2) is 6.00. The summed E-state index contributed by atoms with van der Waals surface area (Å²) in [5, 5.41) is 12.1. The number of pyridine rings is 1. The van der Waals surface area contributed by atoms with E-state index in [0.29, 0.717) is 18.7 Å². The van der Waals surface area contributed by atoms with Crippen LogP contribution in [-0.4, -0.2) is 22.5 Å². The minimum atomic E-state index is -0.177. The van der Waals surface area contributed by atoms with E-state index < -0.39 is 0 Å². The Morgan fingerprint density at radius 2 is 2.05 bits per heavy atom. The average Bonchev–Trinajstić information content (AvgIpc) is 2.38. The van der Waals surface area contributed by atoms with E-state index in [0.717, 1.165) is 11.3 Å². The zero-order valence-corrected chi connectivity index (χ0v) is 10.8. The molecule has 0 unspecified atom stereocenters. The smallest absolute Gasteiger partial charge is 0.269 e. The summed E-state index contributed by atoms with van der Waals surface area (Å²) in [4.78, 5) is 16.0. The number of hydrogen-bond donors (Lipinski definition) is 2. The van der Waals surface area contributed by atoms with Gasteiger partial charge in [0, 0.05) is 12.2 Å². The van der Waals surface area contributed by atoms with E-state index in [-0.39, 0.29) is 11.7 Å². The topological polar surface area (TPSA) is 62.2 Å². The number of nitrogens with zero attached hydrogens (tertiary/aromatic N) is 1. The summed E-state index contributed by atoms with van der Waals surface area (Å²) in [7, 11) is 0. The third-order valence-corrected chi connectivity index (χ3v) is 2.73. The highest BCUT2D eigenvalue weighted by Crippen LogP contribution is 2.10. The van der Waals surface area contributed by atoms with Gasteiger partial charge in [-0.15, -0.1) is 0 Å². The highest BCUT2D eigenvalue weighted by molar-refractivity contribution is 5.92. The molecule has 1 amide bonds. The first kappa shape index (κ1) is 13.1. The number of benzene rings is 1. The van der Waals surface area contributed by atoms with Crippen LogP contribution < -0.4 is 5.32 Å². The Morgan fingerprint density at radius 1 is 1.26 bits per heavy atom. The van der Waals surface area contributed by atoms with Gasteiger partial charge in [0.2, 0.25) is 0 Å². The summed E-state index contributed by atoms with van der Waals surface area (Å²) in [6.07, 6.45) is 0.673. The first-order chi connectivity index (χ1) is 9.15. The van der Waals surface area contributed by atoms with Crippen molar-refractivity contribution >= 4 is 5.91 Å². The molecule has 2 N–H and O–H groups in total. The van der Waals surface area contributed by atoms with Gasteiger partial charge in [0.05, 0.1) is 0 Å². The first-order valence-electron chi connectivity index (χ1n) is 6.15. The summed E-state index contributed by atoms with van der Waals surface area (Å²) in [5.41, 5.74) is 2.23. The number of aromatic nitrogens is 1. The van der Waals surface area contributed by atoms with Crippen molar-refractivity contribution < 1.29 is 9.90 Å². The van der Waals surface area contributed by atoms with Crippen LogP contribution in [0.25, 0.3) is 0 Å². The van der Waals surface area contributed by atoms with E-state index in [4.69, 9.17) is 0 Å². The number of aryl methyl sites for hydroxylation is 1. The van der Waals surface area contributed by atoms with E-state index >= 15 is 0 Å². The summed E-state index contributed by atoms with van der Waals surface area (Å²) in [5.74, 6) is 0.0630. The lowest BCUT2D eigenvalue weighted by atomic mass is 10.1. The Kier molecular flexibility index (Phi) is 4.13. The van der Waals surface area contributed by atoms with Crippen LogP contribution in [-0.2, 0) is 6.42 Å². The Balaban J connectivity index is 1.87. The summed E-state index contributed by atoms with van der Waals surface area (Å²) in [6, 6.07) is 12.4. The lowest BCUT2D eigenvalue weighted by Crippen LogP contribution is -2.26. The molecule has 0 radical (unpaired) electrons. The van der Waals surface area contributed by atoms with Crippen molar-refractivity contribution in [2.24, 2.45) is 0 Å². The van der Waals surface area contributed by atoms with Gasteiger partial charge in [-0.1, -0.05) is 18.2 Å². The number of carbonyl (C=O) groups excluding carboxylic acids is 1. The second-order valence-corrected chi connectivity index (χ2v) is 4.34. The summed E-state index contributed by atoms with van der Waals surface area (Å²) in [6.45, 7) is 2.36. The van der Waals surface area contributed by atoms with Crippen LogP contribution in [0.1, 0.15) is 21.7 Å². The largest absolute Gasteiger partial charge is 0.508 e. The molecule has 0 saturated heterocycles. The monoisotopic (exact) mass is 256 g/mol. The molecule has 0 bridgehead atoms. The number of nitrogens with one attached hydrogen (secondary N) is 1. The maximum Gasteiger partial charge on any atom is 0.269 e. The molecule has 0 aliphatic carbocycles. The van der Waals surface area contributed by atoms with Crippen molar-refractivity contribution in [2.45, 2.75) is 13.3 Å². The minimum Gasteiger partial charge on any atom is -0.508 e. The van der Waals surface area contributed by atoms with Gasteiger partial charge in [0.15, 0.2) is 0 Å². The molecule has 98 valence electrons. The number of rotatable bonds is 4. The molecule has 4 heteroatoms. The SMILES string of the molecule is Cc1cccc(C(=O)NCCc2cccc(O)c2)n1. The molecule has 0 atom stereocenters. The maximum atomic E-state index is 11.8. The van der Waals surface area contributed by atoms with Gasteiger partial charge < -0.3 is 10.4 Å². The van der Waals surface area contributed by atoms with Crippen LogP contribution in [0.5, 0.6) is 5.75 Å². The molecule has 4 nitrogen and oxygen atoms in total. The fourth-order valence-electron chi connectivity index (χ4n) is 1.79. The summed E-state index contributed by atoms with van der Waals surface area (Å²) < 4.78 is 0. The standard InChI is InChI=1S/C15H16N2O2/c1-11-4-2-7-14(17-11)15(19)16-9-8-12-5-3-6-13(18)10-12/h2-7,10,18H,8-9H2,1H3,(H,16,19). The van der Waals surface area contributed by atoms with E-state index in [1.165, 1.54) is 0 Å². The van der Waals surface area contributed by atoms with Crippen molar-refractivity contribution in [1.82, 2.24) is 10.3 Å². The van der Waals surface area contributed by atoms with Crippen molar-refractivity contribution in [3.63, 3.8) is 0 Å². The zero-order chi connectivity index (χ0) is 13.7. The van der Waals surface area contributed by atoms with Crippen LogP contribution in [0.2, 0.25) is 0 Å². The van der Waals surface area contributed by atoms with Crippen molar-refractivity contribution in [2.75, 3.05) is 6.54 Å². The predicted octanol–water partition coefficient (Wildman–Crippen LogP) is 2.07. The number of carbonyl (C=O) groups is 1. The van der Waals surface area contributed by atoms with Gasteiger partial charge in [0.25, 0.3) is 5.91 Å². The number of hydrogen-bond acceptors (Lipinski definition) is 3. The molecule has 0 aliphatic rings. The van der Waals surface area contributed by atoms with Crippen LogP contribution in [0.4, 0.5) is 0 Å². The van der Waals surface area contributed by atoms with Gasteiger partial charge in [-0.2, -0.15) is 0 Å². The molecule has 1 aromatic carbocycles. The molecule has 2 aromatic rings. The predicted molar refractivity (Wildman–Crippen MR) is 73.1 cm³/mol. The maximum absolute atomic E-state index is 11.8. The van der Waals surface area contributed by atoms with Gasteiger partial charge in [-0.25, -0.2) is 4.98 Å². The molecule has 1 heterocycles. The van der Waals surface area contributed by atoms with Gasteiger partial charge in [-0.05, 0) is 43.2 Å². The van der Waals surface area contributed by atoms with Crippen LogP contribution in [0, 0.1) is 6.92 Å². The minimum absolute atomic E-state index is 0.177. The van der Waals surface area contributed by atoms with Crippen molar-refractivity contribution in [3.05, 3.63) is 59.4 Å². The van der Waals surface area contributed by atoms with Gasteiger partial charge >= 0.3 is 0 Å². The van der Waals surface area contributed by atoms with E-state index in [1.807, 2.05) is 25.1 Å². The molecule has 0 aliphatic heterocycles. The Morgan fingerprint density at radius 3 is 2.79 bits per heavy atom. The Labute approximate surface area is 112 Å². The highest BCUT2D eigenvalue weighted by Gasteiger charge is 2.06. The molecular weight excluding hydrogens is 240 g/mol. The van der Waals surface area contributed by atoms with Crippen molar-refractivity contribution in [1.29, 1.82) is 0 Å². The zero-order valence-electron chi connectivity index (χ0n) is 10.8. The normalized spacial score (nSPS) is 10.2. The van der Waals surface area contributed by atoms with Crippen molar-refractivity contribution in [3.8, 4) is 5.75 Å². The van der Waals surface area contributed by atoms with Crippen LogP contribution in [0.3, 0.4) is 0 Å². The number of amides is 1. The highest BCUT2D eigenvalue weighted by atomic mass is 16.3. The fraction of sp³-hybridized carbons (Fsp3) is 0.200. The lowest BCUT2D eigenvalue weighted by Gasteiger charge is -2.05. The molecule has 0 saturated carbocycles. The van der Waals surface area contributed by atoms with E-state index in [2.05, 4.69) is 10.3 Å². The lowest BCUT2D eigenvalue weighted by molar-refractivity contribution is 0.0949. The van der Waals surface area contributed by atoms with Crippen LogP contribution >= 0.6 is 0 Å². The second-order valence-electron chi connectivity index (χ2n) is 4.34. The Hall–Kier alpha value is -2.36. The Bertz CT molecular complexity index is 582. The summed E-state index contributed by atoms with van der Waals surface area (Å²) >= 11 is 0. The molecule has 1 aromatic heterocycles. The van der Waals surface area contributed by atoms with Gasteiger partial charge in [-0.3, -0.25) is 4.79 Å². The molecule has 0 spiro atoms. The number of aromatic hydroxyl groups is 1. The number of phenolic OH excluding ortho intramolecular Hbond substituents is 1. The van der Waals surface area contributed by atoms with Gasteiger partial charge in [0.1, 0.15) is 11.4 Å². The molecular formula is C15H16N2O2. The quantitative estimate of drug-likeness (QED) is 0.880. The third-order valence-electron chi connectivity index (χ3n) is 2.73. The number of phenols is 1. The third kappa shape index (κ3) is 3.81. The first-order valence-corrected chi connectivity index (χ1v) is 6.15. The van der Waals surface area contributed by atoms with E-state index in [9.17, 15) is 9.90 Å². The average molecular weight is 256 g/mol.